The Morgan fingerprint density at radius 1 is 0.879 bits per heavy atom. The Morgan fingerprint density at radius 2 is 1.58 bits per heavy atom. The number of hydrogen-bond acceptors (Lipinski definition) is 3. The van der Waals surface area contributed by atoms with Gasteiger partial charge in [-0.05, 0) is 115 Å². The molecule has 1 atom stereocenters. The number of benzene rings is 3. The maximum atomic E-state index is 6.40. The smallest absolute Gasteiger partial charge is 0.315 e. The van der Waals surface area contributed by atoms with Crippen molar-refractivity contribution in [2.75, 3.05) is 13.7 Å². The summed E-state index contributed by atoms with van der Waals surface area (Å²) < 4.78 is 17.6. The molecule has 171 valence electrons. The summed E-state index contributed by atoms with van der Waals surface area (Å²) in [6, 6.07) is 22.7. The van der Waals surface area contributed by atoms with E-state index in [1.54, 1.807) is 7.11 Å². The van der Waals surface area contributed by atoms with Gasteiger partial charge in [-0.2, -0.15) is 0 Å². The van der Waals surface area contributed by atoms with Crippen LogP contribution in [0.15, 0.2) is 54.6 Å². The molecule has 0 amide bonds. The molecular weight excluding hydrogens is 408 g/mol. The minimum atomic E-state index is -0.681. The first kappa shape index (κ1) is 21.2. The first-order valence-electron chi connectivity index (χ1n) is 12.5. The van der Waals surface area contributed by atoms with Crippen LogP contribution in [0.4, 0.5) is 0 Å². The van der Waals surface area contributed by atoms with Gasteiger partial charge in [-0.1, -0.05) is 36.4 Å². The molecule has 0 aromatic heterocycles. The molecule has 1 radical (unpaired) electrons. The molecule has 3 heteroatoms. The van der Waals surface area contributed by atoms with Gasteiger partial charge in [0.1, 0.15) is 5.75 Å². The van der Waals surface area contributed by atoms with Crippen LogP contribution >= 0.6 is 0 Å². The van der Waals surface area contributed by atoms with E-state index in [9.17, 15) is 0 Å². The van der Waals surface area contributed by atoms with Gasteiger partial charge in [0.15, 0.2) is 0 Å². The molecule has 0 heterocycles. The van der Waals surface area contributed by atoms with E-state index < -0.39 is 6.48 Å². The van der Waals surface area contributed by atoms with Gasteiger partial charge in [0.05, 0.1) is 6.61 Å². The van der Waals surface area contributed by atoms with Crippen molar-refractivity contribution < 1.29 is 14.2 Å². The van der Waals surface area contributed by atoms with Crippen LogP contribution in [0.3, 0.4) is 0 Å². The normalized spacial score (nSPS) is 28.8. The van der Waals surface area contributed by atoms with Crippen LogP contribution in [-0.2, 0) is 14.9 Å². The van der Waals surface area contributed by atoms with Crippen LogP contribution in [0.25, 0.3) is 21.9 Å². The van der Waals surface area contributed by atoms with E-state index in [1.165, 1.54) is 66.0 Å². The minimum Gasteiger partial charge on any atom is -0.441 e. The minimum absolute atomic E-state index is 0.223. The van der Waals surface area contributed by atoms with E-state index in [0.717, 1.165) is 23.5 Å². The predicted octanol–water partition coefficient (Wildman–Crippen LogP) is 7.12. The molecule has 4 fully saturated rings. The van der Waals surface area contributed by atoms with E-state index in [0.29, 0.717) is 6.61 Å². The van der Waals surface area contributed by atoms with E-state index >= 15 is 0 Å². The van der Waals surface area contributed by atoms with E-state index in [-0.39, 0.29) is 5.41 Å². The molecule has 0 saturated heterocycles. The Balaban J connectivity index is 1.47. The highest BCUT2D eigenvalue weighted by atomic mass is 16.8. The van der Waals surface area contributed by atoms with Crippen molar-refractivity contribution in [1.29, 1.82) is 0 Å². The Kier molecular flexibility index (Phi) is 5.43. The first-order valence-corrected chi connectivity index (χ1v) is 12.5. The number of methoxy groups -OCH3 is 1. The number of hydrogen-bond donors (Lipinski definition) is 0. The predicted molar refractivity (Wildman–Crippen MR) is 131 cm³/mol. The van der Waals surface area contributed by atoms with Crippen molar-refractivity contribution in [1.82, 2.24) is 0 Å². The second-order valence-electron chi connectivity index (χ2n) is 10.5. The van der Waals surface area contributed by atoms with E-state index in [1.807, 2.05) is 19.1 Å². The second-order valence-corrected chi connectivity index (χ2v) is 10.5. The van der Waals surface area contributed by atoms with Gasteiger partial charge < -0.3 is 14.2 Å². The van der Waals surface area contributed by atoms with Crippen molar-refractivity contribution in [2.24, 2.45) is 17.8 Å². The molecule has 0 spiro atoms. The number of rotatable bonds is 7. The van der Waals surface area contributed by atoms with E-state index in [2.05, 4.69) is 48.5 Å². The summed E-state index contributed by atoms with van der Waals surface area (Å²) in [6.07, 6.45) is 8.16. The third kappa shape index (κ3) is 3.86. The molecule has 7 rings (SSSR count). The van der Waals surface area contributed by atoms with Crippen molar-refractivity contribution in [3.63, 3.8) is 0 Å². The first-order chi connectivity index (χ1) is 16.2. The maximum absolute atomic E-state index is 6.40. The Bertz CT molecular complexity index is 1100. The Morgan fingerprint density at radius 3 is 2.21 bits per heavy atom. The molecular formula is C30H33O3. The summed E-state index contributed by atoms with van der Waals surface area (Å²) in [5, 5.41) is 2.47. The quantitative estimate of drug-likeness (QED) is 0.365. The third-order valence-electron chi connectivity index (χ3n) is 8.32. The van der Waals surface area contributed by atoms with Gasteiger partial charge in [0.25, 0.3) is 0 Å². The van der Waals surface area contributed by atoms with Crippen LogP contribution < -0.4 is 4.74 Å². The monoisotopic (exact) mass is 441 g/mol. The topological polar surface area (TPSA) is 27.7 Å². The zero-order valence-electron chi connectivity index (χ0n) is 19.7. The summed E-state index contributed by atoms with van der Waals surface area (Å²) >= 11 is 0. The van der Waals surface area contributed by atoms with Crippen LogP contribution in [0.5, 0.6) is 5.75 Å². The van der Waals surface area contributed by atoms with Gasteiger partial charge in [0.2, 0.25) is 0 Å². The van der Waals surface area contributed by atoms with Crippen LogP contribution in [0.2, 0.25) is 0 Å². The fourth-order valence-electron chi connectivity index (χ4n) is 7.38. The summed E-state index contributed by atoms with van der Waals surface area (Å²) in [5.41, 5.74) is 4.06. The maximum Gasteiger partial charge on any atom is 0.315 e. The fourth-order valence-corrected chi connectivity index (χ4v) is 7.38. The summed E-state index contributed by atoms with van der Waals surface area (Å²) in [6.45, 7) is 1.84. The number of ether oxygens (including phenoxy) is 3. The highest BCUT2D eigenvalue weighted by molar-refractivity contribution is 5.89. The zero-order valence-corrected chi connectivity index (χ0v) is 19.7. The fraction of sp³-hybridized carbons (Fsp3) is 0.467. The molecule has 4 saturated carbocycles. The average molecular weight is 442 g/mol. The lowest BCUT2D eigenvalue weighted by Gasteiger charge is -2.57. The van der Waals surface area contributed by atoms with Crippen LogP contribution in [0.1, 0.15) is 51.0 Å². The molecule has 0 aliphatic heterocycles. The summed E-state index contributed by atoms with van der Waals surface area (Å²) in [5.74, 6) is 3.55. The highest BCUT2D eigenvalue weighted by Crippen LogP contribution is 2.62. The Hall–Kier alpha value is -2.36. The lowest BCUT2D eigenvalue weighted by atomic mass is 9.48. The summed E-state index contributed by atoms with van der Waals surface area (Å²) in [7, 11) is 1.65. The molecule has 33 heavy (non-hydrogen) atoms. The molecule has 3 aromatic carbocycles. The van der Waals surface area contributed by atoms with Gasteiger partial charge in [-0.3, -0.25) is 0 Å². The molecule has 3 nitrogen and oxygen atoms in total. The standard InChI is InChI=1S/C30H33O3/c1-3-32-29(31-2)33-28-16-25-10-9-24(23-7-5-4-6-8-23)14-26(25)15-27(28)30-17-20-11-21(18-30)13-22(12-20)19-30/h5-10,14-16,20-22,29H,3,11-13,17-19H2,1-2H3. The van der Waals surface area contributed by atoms with Crippen LogP contribution in [-0.4, -0.2) is 20.2 Å². The lowest BCUT2D eigenvalue weighted by Crippen LogP contribution is -2.48. The molecule has 0 N–H and O–H groups in total. The van der Waals surface area contributed by atoms with Gasteiger partial charge in [-0.15, -0.1) is 0 Å². The lowest BCUT2D eigenvalue weighted by molar-refractivity contribution is -0.231. The SMILES string of the molecule is CCOC(OC)Oc1cc2ccc(-c3cc[c]cc3)cc2cc1C12CC3CC(CC(C3)C1)C2. The van der Waals surface area contributed by atoms with Crippen LogP contribution in [0, 0.1) is 23.8 Å². The number of fused-ring (bicyclic) bond motifs is 1. The molecule has 4 bridgehead atoms. The second kappa shape index (κ2) is 8.45. The van der Waals surface area contributed by atoms with Gasteiger partial charge >= 0.3 is 6.48 Å². The largest absolute Gasteiger partial charge is 0.441 e. The van der Waals surface area contributed by atoms with Gasteiger partial charge in [0, 0.05) is 12.7 Å². The third-order valence-corrected chi connectivity index (χ3v) is 8.32. The highest BCUT2D eigenvalue weighted by Gasteiger charge is 2.52. The Labute approximate surface area is 197 Å². The molecule has 4 aliphatic rings. The van der Waals surface area contributed by atoms with E-state index in [4.69, 9.17) is 14.2 Å². The summed E-state index contributed by atoms with van der Waals surface area (Å²) in [4.78, 5) is 0. The molecule has 1 unspecified atom stereocenters. The van der Waals surface area contributed by atoms with Crippen molar-refractivity contribution in [3.8, 4) is 16.9 Å². The molecule has 3 aromatic rings. The van der Waals surface area contributed by atoms with Crippen molar-refractivity contribution >= 4 is 10.8 Å². The van der Waals surface area contributed by atoms with Gasteiger partial charge in [-0.25, -0.2) is 0 Å². The average Bonchev–Trinajstić information content (AvgIpc) is 2.82. The zero-order chi connectivity index (χ0) is 22.4. The van der Waals surface area contributed by atoms with Crippen molar-refractivity contribution in [3.05, 3.63) is 66.2 Å². The van der Waals surface area contributed by atoms with Crippen molar-refractivity contribution in [2.45, 2.75) is 57.3 Å². The molecule has 4 aliphatic carbocycles.